The van der Waals surface area contributed by atoms with Gasteiger partial charge in [-0.15, -0.1) is 0 Å². The van der Waals surface area contributed by atoms with Crippen molar-refractivity contribution in [1.29, 1.82) is 0 Å². The molecule has 0 fully saturated rings. The van der Waals surface area contributed by atoms with Crippen LogP contribution < -0.4 is 4.90 Å². The van der Waals surface area contributed by atoms with Crippen LogP contribution in [-0.2, 0) is 11.3 Å². The molecule has 1 heterocycles. The van der Waals surface area contributed by atoms with Gasteiger partial charge in [-0.05, 0) is 36.7 Å². The lowest BCUT2D eigenvalue weighted by Crippen LogP contribution is -2.31. The first-order valence-electron chi connectivity index (χ1n) is 7.51. The summed E-state index contributed by atoms with van der Waals surface area (Å²) in [5.41, 5.74) is 2.78. The van der Waals surface area contributed by atoms with Crippen LogP contribution in [0.25, 0.3) is 0 Å². The Kier molecular flexibility index (Phi) is 5.34. The number of likely N-dealkylation sites (N-methyl/N-ethyl adjacent to an activating group) is 1. The third-order valence-corrected chi connectivity index (χ3v) is 3.86. The lowest BCUT2D eigenvalue weighted by molar-refractivity contribution is -0.143. The van der Waals surface area contributed by atoms with Gasteiger partial charge >= 0.3 is 5.97 Å². The van der Waals surface area contributed by atoms with Crippen LogP contribution in [0.1, 0.15) is 22.7 Å². The highest BCUT2D eigenvalue weighted by Crippen LogP contribution is 2.24. The molecule has 0 aliphatic carbocycles. The molecule has 0 bridgehead atoms. The zero-order valence-electron chi connectivity index (χ0n) is 14.0. The van der Waals surface area contributed by atoms with E-state index in [4.69, 9.17) is 0 Å². The monoisotopic (exact) mass is 313 g/mol. The second kappa shape index (κ2) is 7.24. The van der Waals surface area contributed by atoms with E-state index in [0.29, 0.717) is 6.54 Å². The highest BCUT2D eigenvalue weighted by molar-refractivity contribution is 5.76. The largest absolute Gasteiger partial charge is 0.480 e. The highest BCUT2D eigenvalue weighted by atomic mass is 16.4. The standard InChI is InChI=1S/C18H23N3O2/c1-13-7-5-6-8-15(13)17(18(22)23)21(4)12-14-9-10-16(19-11-14)20(2)3/h5-11,17H,12H2,1-4H3,(H,22,23). The molecule has 0 amide bonds. The predicted octanol–water partition coefficient (Wildman–Crippen LogP) is 2.71. The molecule has 2 aromatic rings. The molecule has 0 radical (unpaired) electrons. The van der Waals surface area contributed by atoms with Gasteiger partial charge in [0.25, 0.3) is 0 Å². The zero-order chi connectivity index (χ0) is 17.0. The normalized spacial score (nSPS) is 12.2. The fraction of sp³-hybridized carbons (Fsp3) is 0.333. The second-order valence-electron chi connectivity index (χ2n) is 5.93. The number of aryl methyl sites for hydroxylation is 1. The second-order valence-corrected chi connectivity index (χ2v) is 5.93. The quantitative estimate of drug-likeness (QED) is 0.888. The van der Waals surface area contributed by atoms with Gasteiger partial charge in [0.2, 0.25) is 0 Å². The summed E-state index contributed by atoms with van der Waals surface area (Å²) in [4.78, 5) is 19.9. The van der Waals surface area contributed by atoms with E-state index in [9.17, 15) is 9.90 Å². The van der Waals surface area contributed by atoms with Crippen molar-refractivity contribution in [2.75, 3.05) is 26.0 Å². The van der Waals surface area contributed by atoms with Crippen molar-refractivity contribution >= 4 is 11.8 Å². The molecule has 2 rings (SSSR count). The van der Waals surface area contributed by atoms with Crippen LogP contribution >= 0.6 is 0 Å². The summed E-state index contributed by atoms with van der Waals surface area (Å²) in [7, 11) is 5.70. The molecule has 1 aromatic heterocycles. The van der Waals surface area contributed by atoms with Crippen LogP contribution in [-0.4, -0.2) is 42.1 Å². The number of hydrogen-bond donors (Lipinski definition) is 1. The molecule has 0 spiro atoms. The summed E-state index contributed by atoms with van der Waals surface area (Å²) in [6, 6.07) is 10.8. The van der Waals surface area contributed by atoms with E-state index < -0.39 is 12.0 Å². The van der Waals surface area contributed by atoms with Crippen molar-refractivity contribution in [3.63, 3.8) is 0 Å². The van der Waals surface area contributed by atoms with E-state index in [1.54, 1.807) is 6.20 Å². The van der Waals surface area contributed by atoms with Gasteiger partial charge in [-0.25, -0.2) is 4.98 Å². The van der Waals surface area contributed by atoms with E-state index in [1.807, 2.05) is 74.3 Å². The molecular formula is C18H23N3O2. The molecule has 5 heteroatoms. The van der Waals surface area contributed by atoms with Gasteiger partial charge in [-0.3, -0.25) is 9.69 Å². The maximum atomic E-state index is 11.8. The van der Waals surface area contributed by atoms with Gasteiger partial charge in [0.1, 0.15) is 11.9 Å². The molecule has 0 aliphatic rings. The van der Waals surface area contributed by atoms with Crippen LogP contribution in [0, 0.1) is 6.92 Å². The van der Waals surface area contributed by atoms with Crippen LogP contribution in [0.5, 0.6) is 0 Å². The first-order chi connectivity index (χ1) is 10.9. The van der Waals surface area contributed by atoms with Gasteiger partial charge in [-0.1, -0.05) is 30.3 Å². The molecule has 1 unspecified atom stereocenters. The van der Waals surface area contributed by atoms with Gasteiger partial charge in [-0.2, -0.15) is 0 Å². The van der Waals surface area contributed by atoms with Crippen LogP contribution in [0.15, 0.2) is 42.6 Å². The highest BCUT2D eigenvalue weighted by Gasteiger charge is 2.26. The number of carbonyl (C=O) groups is 1. The molecule has 1 atom stereocenters. The minimum Gasteiger partial charge on any atom is -0.480 e. The first-order valence-corrected chi connectivity index (χ1v) is 7.51. The van der Waals surface area contributed by atoms with Crippen molar-refractivity contribution in [1.82, 2.24) is 9.88 Å². The number of nitrogens with zero attached hydrogens (tertiary/aromatic N) is 3. The van der Waals surface area contributed by atoms with E-state index in [0.717, 1.165) is 22.5 Å². The molecule has 0 saturated heterocycles. The number of carboxylic acid groups (broad SMARTS) is 1. The lowest BCUT2D eigenvalue weighted by Gasteiger charge is -2.26. The Morgan fingerprint density at radius 1 is 1.17 bits per heavy atom. The molecule has 5 nitrogen and oxygen atoms in total. The molecule has 1 N–H and O–H groups in total. The SMILES string of the molecule is Cc1ccccc1C(C(=O)O)N(C)Cc1ccc(N(C)C)nc1. The average molecular weight is 313 g/mol. The van der Waals surface area contributed by atoms with E-state index >= 15 is 0 Å². The van der Waals surface area contributed by atoms with Crippen LogP contribution in [0.4, 0.5) is 5.82 Å². The number of rotatable bonds is 6. The minimum atomic E-state index is -0.848. The Balaban J connectivity index is 2.20. The molecule has 0 saturated carbocycles. The van der Waals surface area contributed by atoms with Crippen LogP contribution in [0.3, 0.4) is 0 Å². The molecule has 122 valence electrons. The smallest absolute Gasteiger partial charge is 0.325 e. The fourth-order valence-electron chi connectivity index (χ4n) is 2.61. The lowest BCUT2D eigenvalue weighted by atomic mass is 10.00. The zero-order valence-corrected chi connectivity index (χ0v) is 14.0. The van der Waals surface area contributed by atoms with Crippen LogP contribution in [0.2, 0.25) is 0 Å². The van der Waals surface area contributed by atoms with Crippen molar-refractivity contribution in [3.05, 3.63) is 59.3 Å². The number of hydrogen-bond acceptors (Lipinski definition) is 4. The summed E-state index contributed by atoms with van der Waals surface area (Å²) in [6.45, 7) is 2.46. The summed E-state index contributed by atoms with van der Waals surface area (Å²) < 4.78 is 0. The summed E-state index contributed by atoms with van der Waals surface area (Å²) >= 11 is 0. The van der Waals surface area contributed by atoms with E-state index in [2.05, 4.69) is 4.98 Å². The molecule has 1 aromatic carbocycles. The third kappa shape index (κ3) is 4.07. The number of aromatic nitrogens is 1. The van der Waals surface area contributed by atoms with Gasteiger partial charge in [0.05, 0.1) is 0 Å². The van der Waals surface area contributed by atoms with Gasteiger partial charge in [0.15, 0.2) is 0 Å². The van der Waals surface area contributed by atoms with Crippen molar-refractivity contribution in [3.8, 4) is 0 Å². The molecular weight excluding hydrogens is 290 g/mol. The maximum absolute atomic E-state index is 11.8. The fourth-order valence-corrected chi connectivity index (χ4v) is 2.61. The molecule has 23 heavy (non-hydrogen) atoms. The Hall–Kier alpha value is -2.40. The number of benzene rings is 1. The summed E-state index contributed by atoms with van der Waals surface area (Å²) in [5, 5.41) is 9.65. The van der Waals surface area contributed by atoms with Gasteiger partial charge < -0.3 is 10.0 Å². The minimum absolute atomic E-state index is 0.520. The van der Waals surface area contributed by atoms with E-state index in [-0.39, 0.29) is 0 Å². The van der Waals surface area contributed by atoms with Crippen molar-refractivity contribution < 1.29 is 9.90 Å². The topological polar surface area (TPSA) is 56.7 Å². The van der Waals surface area contributed by atoms with E-state index in [1.165, 1.54) is 0 Å². The summed E-state index contributed by atoms with van der Waals surface area (Å²) in [6.07, 6.45) is 1.79. The Bertz CT molecular complexity index is 668. The first kappa shape index (κ1) is 17.0. The Morgan fingerprint density at radius 3 is 2.39 bits per heavy atom. The van der Waals surface area contributed by atoms with Gasteiger partial charge in [0, 0.05) is 26.8 Å². The Morgan fingerprint density at radius 2 is 1.87 bits per heavy atom. The number of carboxylic acids is 1. The maximum Gasteiger partial charge on any atom is 0.325 e. The third-order valence-electron chi connectivity index (χ3n) is 3.86. The van der Waals surface area contributed by atoms with Crippen molar-refractivity contribution in [2.45, 2.75) is 19.5 Å². The average Bonchev–Trinajstić information content (AvgIpc) is 2.49. The number of aliphatic carboxylic acids is 1. The Labute approximate surface area is 137 Å². The number of pyridine rings is 1. The molecule has 0 aliphatic heterocycles. The number of anilines is 1. The summed E-state index contributed by atoms with van der Waals surface area (Å²) in [5.74, 6) is 0.0322. The van der Waals surface area contributed by atoms with Crippen molar-refractivity contribution in [2.24, 2.45) is 0 Å². The predicted molar refractivity (Wildman–Crippen MR) is 91.6 cm³/mol.